The smallest absolute Gasteiger partial charge is 0.0892 e. The fraction of sp³-hybridized carbons (Fsp3) is 0.500. The quantitative estimate of drug-likeness (QED) is 0.668. The first-order valence-electron chi connectivity index (χ1n) is 3.67. The van der Waals surface area contributed by atoms with Crippen LogP contribution in [0.4, 0.5) is 0 Å². The first-order valence-corrected chi connectivity index (χ1v) is 5.28. The van der Waals surface area contributed by atoms with Gasteiger partial charge in [0.2, 0.25) is 0 Å². The number of rotatable bonds is 0. The molecule has 1 atom stereocenters. The molecule has 2 heterocycles. The van der Waals surface area contributed by atoms with E-state index in [0.717, 1.165) is 13.0 Å². The molecule has 0 fully saturated rings. The second-order valence-electron chi connectivity index (χ2n) is 2.70. The summed E-state index contributed by atoms with van der Waals surface area (Å²) in [4.78, 5) is 1.39. The number of hydrogen-bond donors (Lipinski definition) is 0. The van der Waals surface area contributed by atoms with Gasteiger partial charge in [-0.1, -0.05) is 0 Å². The lowest BCUT2D eigenvalue weighted by Crippen LogP contribution is -2.10. The molecule has 1 unspecified atom stereocenters. The summed E-state index contributed by atoms with van der Waals surface area (Å²) in [6.45, 7) is 2.98. The monoisotopic (exact) mass is 232 g/mol. The maximum Gasteiger partial charge on any atom is 0.0892 e. The first-order chi connectivity index (χ1) is 5.27. The van der Waals surface area contributed by atoms with Gasteiger partial charge in [-0.05, 0) is 40.9 Å². The van der Waals surface area contributed by atoms with Gasteiger partial charge in [-0.2, -0.15) is 0 Å². The number of thiophene rings is 1. The Labute approximate surface area is 78.5 Å². The van der Waals surface area contributed by atoms with Crippen molar-refractivity contribution in [3.05, 3.63) is 20.3 Å². The highest BCUT2D eigenvalue weighted by Gasteiger charge is 2.19. The van der Waals surface area contributed by atoms with Crippen LogP contribution < -0.4 is 0 Å². The molecule has 0 spiro atoms. The molecule has 0 aromatic carbocycles. The highest BCUT2D eigenvalue weighted by molar-refractivity contribution is 9.11. The van der Waals surface area contributed by atoms with Crippen molar-refractivity contribution in [2.24, 2.45) is 0 Å². The number of ether oxygens (including phenoxy) is 1. The molecule has 0 saturated carbocycles. The van der Waals surface area contributed by atoms with E-state index in [9.17, 15) is 0 Å². The van der Waals surface area contributed by atoms with Crippen molar-refractivity contribution in [1.82, 2.24) is 0 Å². The number of fused-ring (bicyclic) bond motifs is 1. The zero-order valence-corrected chi connectivity index (χ0v) is 8.67. The molecule has 0 radical (unpaired) electrons. The van der Waals surface area contributed by atoms with Crippen molar-refractivity contribution >= 4 is 27.3 Å². The summed E-state index contributed by atoms with van der Waals surface area (Å²) in [5.74, 6) is 0. The van der Waals surface area contributed by atoms with Crippen LogP contribution in [0.5, 0.6) is 0 Å². The molecular formula is C8H9BrOS. The Morgan fingerprint density at radius 1 is 1.73 bits per heavy atom. The van der Waals surface area contributed by atoms with Crippen LogP contribution in [0.15, 0.2) is 9.85 Å². The minimum Gasteiger partial charge on any atom is -0.373 e. The van der Waals surface area contributed by atoms with Gasteiger partial charge in [-0.3, -0.25) is 0 Å². The molecule has 1 aromatic rings. The summed E-state index contributed by atoms with van der Waals surface area (Å²) >= 11 is 5.27. The summed E-state index contributed by atoms with van der Waals surface area (Å²) in [5.41, 5.74) is 1.46. The maximum atomic E-state index is 5.51. The van der Waals surface area contributed by atoms with Crippen molar-refractivity contribution in [2.75, 3.05) is 6.61 Å². The average Bonchev–Trinajstić information content (AvgIpc) is 2.31. The van der Waals surface area contributed by atoms with E-state index in [1.54, 1.807) is 11.3 Å². The fourth-order valence-electron chi connectivity index (χ4n) is 1.37. The van der Waals surface area contributed by atoms with E-state index in [4.69, 9.17) is 4.74 Å². The molecule has 2 rings (SSSR count). The van der Waals surface area contributed by atoms with Gasteiger partial charge in [-0.25, -0.2) is 0 Å². The van der Waals surface area contributed by atoms with Crippen LogP contribution in [0.25, 0.3) is 0 Å². The topological polar surface area (TPSA) is 9.23 Å². The van der Waals surface area contributed by atoms with Crippen LogP contribution in [0, 0.1) is 0 Å². The normalized spacial score (nSPS) is 23.3. The Kier molecular flexibility index (Phi) is 2.04. The van der Waals surface area contributed by atoms with Crippen molar-refractivity contribution in [2.45, 2.75) is 19.4 Å². The maximum absolute atomic E-state index is 5.51. The fourth-order valence-corrected chi connectivity index (χ4v) is 3.11. The molecule has 0 N–H and O–H groups in total. The largest absolute Gasteiger partial charge is 0.373 e. The van der Waals surface area contributed by atoms with E-state index >= 15 is 0 Å². The van der Waals surface area contributed by atoms with Gasteiger partial charge in [-0.15, -0.1) is 11.3 Å². The van der Waals surface area contributed by atoms with Crippen LogP contribution >= 0.6 is 27.3 Å². The van der Waals surface area contributed by atoms with Crippen LogP contribution in [0.1, 0.15) is 23.5 Å². The Hall–Kier alpha value is 0.140. The summed E-state index contributed by atoms with van der Waals surface area (Å²) in [5, 5.41) is 0. The van der Waals surface area contributed by atoms with Crippen LogP contribution in [0.2, 0.25) is 0 Å². The third kappa shape index (κ3) is 1.37. The molecule has 0 amide bonds. The lowest BCUT2D eigenvalue weighted by atomic mass is 10.1. The predicted octanol–water partition coefficient (Wildman–Crippen LogP) is 3.14. The minimum absolute atomic E-state index is 0.301. The van der Waals surface area contributed by atoms with Gasteiger partial charge in [0.05, 0.1) is 16.5 Å². The minimum atomic E-state index is 0.301. The Bertz CT molecular complexity index is 269. The molecule has 3 heteroatoms. The number of halogens is 1. The lowest BCUT2D eigenvalue weighted by molar-refractivity contribution is 0.0586. The average molecular weight is 233 g/mol. The van der Waals surface area contributed by atoms with Gasteiger partial charge < -0.3 is 4.74 Å². The second kappa shape index (κ2) is 2.88. The standard InChI is InChI=1S/C8H9BrOS/c1-5-8-6(2-3-10-5)4-7(9)11-8/h4-5H,2-3H2,1H3. The number of hydrogen-bond acceptors (Lipinski definition) is 2. The van der Waals surface area contributed by atoms with Crippen LogP contribution in [0.3, 0.4) is 0 Å². The van der Waals surface area contributed by atoms with E-state index in [-0.39, 0.29) is 0 Å². The zero-order chi connectivity index (χ0) is 7.84. The van der Waals surface area contributed by atoms with Gasteiger partial charge in [0.25, 0.3) is 0 Å². The first kappa shape index (κ1) is 7.77. The lowest BCUT2D eigenvalue weighted by Gasteiger charge is -2.18. The third-order valence-electron chi connectivity index (χ3n) is 1.92. The summed E-state index contributed by atoms with van der Waals surface area (Å²) in [7, 11) is 0. The van der Waals surface area contributed by atoms with Crippen LogP contribution in [-0.4, -0.2) is 6.61 Å². The van der Waals surface area contributed by atoms with Gasteiger partial charge >= 0.3 is 0 Å². The van der Waals surface area contributed by atoms with Gasteiger partial charge in [0, 0.05) is 4.88 Å². The Morgan fingerprint density at radius 2 is 2.55 bits per heavy atom. The van der Waals surface area contributed by atoms with Crippen molar-refractivity contribution < 1.29 is 4.74 Å². The predicted molar refractivity (Wildman–Crippen MR) is 50.1 cm³/mol. The second-order valence-corrected chi connectivity index (χ2v) is 5.17. The van der Waals surface area contributed by atoms with E-state index < -0.39 is 0 Å². The van der Waals surface area contributed by atoms with E-state index in [2.05, 4.69) is 28.9 Å². The van der Waals surface area contributed by atoms with Crippen LogP contribution in [-0.2, 0) is 11.2 Å². The Balaban J connectivity index is 2.43. The highest BCUT2D eigenvalue weighted by Crippen LogP contribution is 2.36. The van der Waals surface area contributed by atoms with E-state index in [1.807, 2.05) is 0 Å². The molecule has 1 aliphatic rings. The highest BCUT2D eigenvalue weighted by atomic mass is 79.9. The molecule has 0 aliphatic carbocycles. The van der Waals surface area contributed by atoms with Crippen molar-refractivity contribution in [3.8, 4) is 0 Å². The van der Waals surface area contributed by atoms with Gasteiger partial charge in [0.1, 0.15) is 0 Å². The SMILES string of the molecule is CC1OCCc2cc(Br)sc21. The summed E-state index contributed by atoms with van der Waals surface area (Å²) < 4.78 is 6.73. The van der Waals surface area contributed by atoms with Crippen molar-refractivity contribution in [1.29, 1.82) is 0 Å². The summed E-state index contributed by atoms with van der Waals surface area (Å²) in [6.07, 6.45) is 1.37. The third-order valence-corrected chi connectivity index (χ3v) is 3.76. The summed E-state index contributed by atoms with van der Waals surface area (Å²) in [6, 6.07) is 2.21. The molecule has 0 bridgehead atoms. The molecule has 11 heavy (non-hydrogen) atoms. The molecule has 60 valence electrons. The van der Waals surface area contributed by atoms with E-state index in [1.165, 1.54) is 14.2 Å². The van der Waals surface area contributed by atoms with E-state index in [0.29, 0.717) is 6.10 Å². The molecule has 1 aliphatic heterocycles. The molecule has 0 saturated heterocycles. The zero-order valence-electron chi connectivity index (χ0n) is 6.26. The molecule has 1 aromatic heterocycles. The van der Waals surface area contributed by atoms with Gasteiger partial charge in [0.15, 0.2) is 0 Å². The van der Waals surface area contributed by atoms with Crippen molar-refractivity contribution in [3.63, 3.8) is 0 Å². The molecule has 1 nitrogen and oxygen atoms in total. The Morgan fingerprint density at radius 3 is 3.27 bits per heavy atom. The molecular weight excluding hydrogens is 224 g/mol.